The third-order valence-corrected chi connectivity index (χ3v) is 7.20. The molecule has 2 saturated heterocycles. The summed E-state index contributed by atoms with van der Waals surface area (Å²) in [5, 5.41) is 10.4. The molecule has 1 N–H and O–H groups in total. The Hall–Kier alpha value is -2.97. The van der Waals surface area contributed by atoms with Crippen molar-refractivity contribution in [2.24, 2.45) is 11.8 Å². The first-order valence-electron chi connectivity index (χ1n) is 11.4. The van der Waals surface area contributed by atoms with Crippen molar-refractivity contribution in [1.82, 2.24) is 9.80 Å². The van der Waals surface area contributed by atoms with Gasteiger partial charge in [-0.25, -0.2) is 0 Å². The van der Waals surface area contributed by atoms with Gasteiger partial charge in [0.25, 0.3) is 0 Å². The van der Waals surface area contributed by atoms with Gasteiger partial charge in [0, 0.05) is 12.6 Å². The average Bonchev–Trinajstić information content (AvgIpc) is 3.09. The lowest BCUT2D eigenvalue weighted by molar-refractivity contribution is -0.155. The molecule has 4 aliphatic rings. The number of fused-ring (bicyclic) bond motifs is 2. The fourth-order valence-corrected chi connectivity index (χ4v) is 5.76. The van der Waals surface area contributed by atoms with E-state index in [1.165, 1.54) is 4.90 Å². The third kappa shape index (κ3) is 3.15. The van der Waals surface area contributed by atoms with Crippen LogP contribution >= 0.6 is 0 Å². The zero-order chi connectivity index (χ0) is 23.3. The molecule has 4 heterocycles. The molecule has 0 aliphatic carbocycles. The zero-order valence-electron chi connectivity index (χ0n) is 18.7. The van der Waals surface area contributed by atoms with Gasteiger partial charge >= 0.3 is 5.97 Å². The lowest BCUT2D eigenvalue weighted by Crippen LogP contribution is -2.57. The van der Waals surface area contributed by atoms with Crippen LogP contribution in [0.2, 0.25) is 0 Å². The maximum Gasteiger partial charge on any atom is 0.313 e. The van der Waals surface area contributed by atoms with Gasteiger partial charge < -0.3 is 24.4 Å². The number of nitrogens with zero attached hydrogens (tertiary/aromatic N) is 2. The maximum atomic E-state index is 14.1. The molecular formula is C25H28N2O6. The van der Waals surface area contributed by atoms with Crippen LogP contribution in [0, 0.1) is 11.8 Å². The van der Waals surface area contributed by atoms with E-state index in [-0.39, 0.29) is 31.1 Å². The van der Waals surface area contributed by atoms with E-state index >= 15 is 0 Å². The number of benzene rings is 1. The van der Waals surface area contributed by atoms with Gasteiger partial charge in [-0.05, 0) is 25.5 Å². The average molecular weight is 453 g/mol. The van der Waals surface area contributed by atoms with Crippen molar-refractivity contribution in [3.8, 4) is 0 Å². The molecule has 8 heteroatoms. The maximum absolute atomic E-state index is 14.1. The van der Waals surface area contributed by atoms with Crippen LogP contribution in [0.5, 0.6) is 0 Å². The highest BCUT2D eigenvalue weighted by molar-refractivity contribution is 5.99. The van der Waals surface area contributed by atoms with Crippen LogP contribution in [0.1, 0.15) is 25.5 Å². The smallest absolute Gasteiger partial charge is 0.313 e. The fourth-order valence-electron chi connectivity index (χ4n) is 5.76. The Morgan fingerprint density at radius 2 is 1.88 bits per heavy atom. The summed E-state index contributed by atoms with van der Waals surface area (Å²) in [5.41, 5.74) is -0.615. The predicted octanol–water partition coefficient (Wildman–Crippen LogP) is 1.22. The van der Waals surface area contributed by atoms with E-state index in [1.54, 1.807) is 23.1 Å². The number of likely N-dealkylation sites (tertiary alicyclic amines) is 1. The van der Waals surface area contributed by atoms with Crippen molar-refractivity contribution in [3.63, 3.8) is 0 Å². The number of hydrogen-bond acceptors (Lipinski definition) is 6. The van der Waals surface area contributed by atoms with Crippen LogP contribution < -0.4 is 0 Å². The Morgan fingerprint density at radius 1 is 1.12 bits per heavy atom. The Labute approximate surface area is 192 Å². The van der Waals surface area contributed by atoms with Gasteiger partial charge in [-0.1, -0.05) is 48.6 Å². The van der Waals surface area contributed by atoms with Crippen LogP contribution in [0.3, 0.4) is 0 Å². The second kappa shape index (κ2) is 8.11. The molecule has 2 fully saturated rings. The van der Waals surface area contributed by atoms with Crippen molar-refractivity contribution in [2.45, 2.75) is 43.7 Å². The number of cyclic esters (lactones) is 1. The van der Waals surface area contributed by atoms with E-state index in [4.69, 9.17) is 9.47 Å². The molecule has 0 aromatic heterocycles. The highest BCUT2D eigenvalue weighted by Gasteiger charge is 2.72. The van der Waals surface area contributed by atoms with E-state index in [0.717, 1.165) is 0 Å². The summed E-state index contributed by atoms with van der Waals surface area (Å²) in [6.45, 7) is 3.96. The van der Waals surface area contributed by atoms with E-state index in [0.29, 0.717) is 12.1 Å². The summed E-state index contributed by atoms with van der Waals surface area (Å²) in [6.07, 6.45) is 6.43. The molecule has 1 aromatic rings. The van der Waals surface area contributed by atoms with Gasteiger partial charge in [0.05, 0.1) is 24.7 Å². The van der Waals surface area contributed by atoms with E-state index in [2.05, 4.69) is 0 Å². The molecule has 1 unspecified atom stereocenters. The predicted molar refractivity (Wildman–Crippen MR) is 118 cm³/mol. The van der Waals surface area contributed by atoms with Crippen molar-refractivity contribution in [3.05, 3.63) is 60.2 Å². The van der Waals surface area contributed by atoms with Gasteiger partial charge in [0.15, 0.2) is 0 Å². The highest BCUT2D eigenvalue weighted by atomic mass is 16.6. The summed E-state index contributed by atoms with van der Waals surface area (Å²) in [6, 6.07) is 7.26. The molecule has 33 heavy (non-hydrogen) atoms. The molecule has 0 radical (unpaired) electrons. The standard InChI is InChI=1S/C25H28N2O6/c1-15(2)26-12-7-11-25-20(19-18(33-25)10-6-13-32-24(19)31)22(29)27(21(25)23(26)30)17(14-28)16-8-4-3-5-9-16/h3-11,15,17-21,28H,12-14H2,1-2H3/t17-,18-,19+,20+,21?,25+/m1/s1. The first-order chi connectivity index (χ1) is 15.9. The van der Waals surface area contributed by atoms with Gasteiger partial charge in [-0.2, -0.15) is 0 Å². The molecular weight excluding hydrogens is 424 g/mol. The summed E-state index contributed by atoms with van der Waals surface area (Å²) >= 11 is 0. The minimum atomic E-state index is -1.32. The van der Waals surface area contributed by atoms with Gasteiger partial charge in [-0.3, -0.25) is 14.4 Å². The fraction of sp³-hybridized carbons (Fsp3) is 0.480. The van der Waals surface area contributed by atoms with Gasteiger partial charge in [0.1, 0.15) is 24.2 Å². The molecule has 1 aromatic carbocycles. The van der Waals surface area contributed by atoms with Gasteiger partial charge in [-0.15, -0.1) is 0 Å². The largest absolute Gasteiger partial charge is 0.461 e. The second-order valence-electron chi connectivity index (χ2n) is 9.24. The van der Waals surface area contributed by atoms with Crippen molar-refractivity contribution >= 4 is 17.8 Å². The van der Waals surface area contributed by atoms with E-state index < -0.39 is 41.6 Å². The van der Waals surface area contributed by atoms with E-state index in [9.17, 15) is 19.5 Å². The summed E-state index contributed by atoms with van der Waals surface area (Å²) < 4.78 is 11.8. The molecule has 5 rings (SSSR count). The van der Waals surface area contributed by atoms with Crippen LogP contribution in [0.15, 0.2) is 54.6 Å². The monoisotopic (exact) mass is 452 g/mol. The molecule has 174 valence electrons. The first-order valence-corrected chi connectivity index (χ1v) is 11.4. The number of rotatable bonds is 4. The molecule has 4 aliphatic heterocycles. The number of hydrogen-bond donors (Lipinski definition) is 1. The summed E-state index contributed by atoms with van der Waals surface area (Å²) in [5.74, 6) is -2.93. The normalized spacial score (nSPS) is 34.0. The first kappa shape index (κ1) is 21.9. The number of esters is 1. The minimum absolute atomic E-state index is 0.102. The Morgan fingerprint density at radius 3 is 2.58 bits per heavy atom. The third-order valence-electron chi connectivity index (χ3n) is 7.20. The SMILES string of the molecule is CC(C)N1CC=C[C@]23O[C@@H]4C=CCOC(=O)[C@@H]4[C@H]2C(=O)N([C@H](CO)c2ccccc2)C3C1=O. The number of amides is 2. The van der Waals surface area contributed by atoms with Crippen molar-refractivity contribution in [2.75, 3.05) is 19.8 Å². The number of aliphatic hydroxyl groups excluding tert-OH is 1. The summed E-state index contributed by atoms with van der Waals surface area (Å²) in [4.78, 5) is 44.1. The van der Waals surface area contributed by atoms with Crippen molar-refractivity contribution in [1.29, 1.82) is 0 Å². The lowest BCUT2D eigenvalue weighted by Gasteiger charge is -2.39. The van der Waals surface area contributed by atoms with E-state index in [1.807, 2.05) is 50.3 Å². The number of carbonyl (C=O) groups excluding carboxylic acids is 3. The molecule has 2 amide bonds. The van der Waals surface area contributed by atoms with Crippen LogP contribution in [-0.2, 0) is 23.9 Å². The molecule has 0 saturated carbocycles. The summed E-state index contributed by atoms with van der Waals surface area (Å²) in [7, 11) is 0. The van der Waals surface area contributed by atoms with Crippen LogP contribution in [0.25, 0.3) is 0 Å². The highest BCUT2D eigenvalue weighted by Crippen LogP contribution is 2.55. The number of aliphatic hydroxyl groups is 1. The molecule has 1 spiro atoms. The Kier molecular flexibility index (Phi) is 5.37. The second-order valence-corrected chi connectivity index (χ2v) is 9.24. The van der Waals surface area contributed by atoms with Crippen LogP contribution in [0.4, 0.5) is 0 Å². The Bertz CT molecular complexity index is 1020. The van der Waals surface area contributed by atoms with Crippen molar-refractivity contribution < 1.29 is 29.0 Å². The molecule has 0 bridgehead atoms. The molecule has 6 atom stereocenters. The number of carbonyl (C=O) groups is 3. The number of ether oxygens (including phenoxy) is 2. The van der Waals surface area contributed by atoms with Crippen LogP contribution in [-0.4, -0.2) is 76.2 Å². The van der Waals surface area contributed by atoms with Gasteiger partial charge in [0.2, 0.25) is 11.8 Å². The topological polar surface area (TPSA) is 96.4 Å². The molecule has 8 nitrogen and oxygen atoms in total. The Balaban J connectivity index is 1.68. The lowest BCUT2D eigenvalue weighted by atomic mass is 9.78. The quantitative estimate of drug-likeness (QED) is 0.545. The zero-order valence-corrected chi connectivity index (χ0v) is 18.7. The minimum Gasteiger partial charge on any atom is -0.461 e.